The number of aryl methyl sites for hydroxylation is 1. The lowest BCUT2D eigenvalue weighted by Crippen LogP contribution is -1.93. The number of rotatable bonds is 1. The molecular weight excluding hydrogens is 183 g/mol. The molecule has 2 nitrogen and oxygen atoms in total. The van der Waals surface area contributed by atoms with Crippen molar-refractivity contribution < 1.29 is 14.3 Å². The number of hydrogen-bond acceptors (Lipinski definition) is 2. The molecule has 0 aliphatic heterocycles. The lowest BCUT2D eigenvalue weighted by atomic mass is 10.1. The quantitative estimate of drug-likeness (QED) is 0.687. The third-order valence-corrected chi connectivity index (χ3v) is 1.91. The maximum atomic E-state index is 13.0. The molecule has 0 spiro atoms. The topological polar surface area (TPSA) is 37.3 Å². The second-order valence-electron chi connectivity index (χ2n) is 2.37. The van der Waals surface area contributed by atoms with Gasteiger partial charge in [-0.15, -0.1) is 0 Å². The number of benzene rings is 1. The van der Waals surface area contributed by atoms with Crippen LogP contribution in [0.15, 0.2) is 6.07 Å². The van der Waals surface area contributed by atoms with Gasteiger partial charge in [-0.05, 0) is 18.6 Å². The van der Waals surface area contributed by atoms with Crippen LogP contribution in [-0.4, -0.2) is 11.4 Å². The number of phenols is 1. The second kappa shape index (κ2) is 3.11. The summed E-state index contributed by atoms with van der Waals surface area (Å²) in [5, 5.41) is 8.84. The van der Waals surface area contributed by atoms with Gasteiger partial charge in [0.25, 0.3) is 0 Å². The number of phenolic OH excluding ortho intramolecular Hbond substituents is 1. The molecule has 0 saturated carbocycles. The van der Waals surface area contributed by atoms with Crippen LogP contribution in [0.5, 0.6) is 5.75 Å². The highest BCUT2D eigenvalue weighted by molar-refractivity contribution is 6.34. The average Bonchev–Trinajstić information content (AvgIpc) is 2.02. The molecule has 0 aromatic heterocycles. The molecule has 64 valence electrons. The fourth-order valence-corrected chi connectivity index (χ4v) is 1.06. The predicted molar refractivity (Wildman–Crippen MR) is 43.2 cm³/mol. The molecular formula is C8H6ClFO2. The third-order valence-electron chi connectivity index (χ3n) is 1.52. The van der Waals surface area contributed by atoms with Gasteiger partial charge >= 0.3 is 0 Å². The Morgan fingerprint density at radius 2 is 2.25 bits per heavy atom. The highest BCUT2D eigenvalue weighted by atomic mass is 35.5. The molecule has 0 saturated heterocycles. The molecule has 1 rings (SSSR count). The molecule has 1 N–H and O–H groups in total. The highest BCUT2D eigenvalue weighted by Gasteiger charge is 2.13. The van der Waals surface area contributed by atoms with E-state index in [0.29, 0.717) is 0 Å². The van der Waals surface area contributed by atoms with Crippen LogP contribution in [0.4, 0.5) is 4.39 Å². The van der Waals surface area contributed by atoms with Crippen LogP contribution in [0, 0.1) is 12.7 Å². The zero-order valence-electron chi connectivity index (χ0n) is 6.27. The van der Waals surface area contributed by atoms with Crippen LogP contribution in [0.2, 0.25) is 5.02 Å². The highest BCUT2D eigenvalue weighted by Crippen LogP contribution is 2.29. The fourth-order valence-electron chi connectivity index (χ4n) is 0.882. The minimum atomic E-state index is -0.687. The summed E-state index contributed by atoms with van der Waals surface area (Å²) in [5.41, 5.74) is -0.104. The molecule has 0 unspecified atom stereocenters. The lowest BCUT2D eigenvalue weighted by Gasteiger charge is -2.03. The summed E-state index contributed by atoms with van der Waals surface area (Å²) in [6.45, 7) is 1.44. The summed E-state index contributed by atoms with van der Waals surface area (Å²) in [6, 6.07) is 1.17. The normalized spacial score (nSPS) is 9.92. The van der Waals surface area contributed by atoms with Crippen LogP contribution in [0.3, 0.4) is 0 Å². The van der Waals surface area contributed by atoms with E-state index in [4.69, 9.17) is 16.7 Å². The molecule has 12 heavy (non-hydrogen) atoms. The van der Waals surface area contributed by atoms with E-state index in [1.165, 1.54) is 13.0 Å². The van der Waals surface area contributed by atoms with Crippen molar-refractivity contribution >= 4 is 17.9 Å². The zero-order chi connectivity index (χ0) is 9.30. The largest absolute Gasteiger partial charge is 0.506 e. The van der Waals surface area contributed by atoms with Gasteiger partial charge in [0.2, 0.25) is 0 Å². The summed E-state index contributed by atoms with van der Waals surface area (Å²) in [5.74, 6) is -0.967. The Bertz CT molecular complexity index is 310. The number of hydrogen-bond donors (Lipinski definition) is 1. The van der Waals surface area contributed by atoms with Crippen molar-refractivity contribution in [3.8, 4) is 5.75 Å². The third kappa shape index (κ3) is 1.28. The fraction of sp³-hybridized carbons (Fsp3) is 0.125. The van der Waals surface area contributed by atoms with Crippen LogP contribution < -0.4 is 0 Å². The van der Waals surface area contributed by atoms with Gasteiger partial charge in [0, 0.05) is 0 Å². The van der Waals surface area contributed by atoms with Crippen molar-refractivity contribution in [2.75, 3.05) is 0 Å². The van der Waals surface area contributed by atoms with E-state index >= 15 is 0 Å². The van der Waals surface area contributed by atoms with Crippen LogP contribution in [-0.2, 0) is 0 Å². The van der Waals surface area contributed by atoms with E-state index in [2.05, 4.69) is 0 Å². The predicted octanol–water partition coefficient (Wildman–Crippen LogP) is 2.31. The Balaban J connectivity index is 3.52. The van der Waals surface area contributed by atoms with E-state index in [0.717, 1.165) is 0 Å². The standard InChI is InChI=1S/C8H6ClFO2/c1-4-2-6(12)7(9)5(3-11)8(4)10/h2-3,12H,1H3. The minimum Gasteiger partial charge on any atom is -0.506 e. The summed E-state index contributed by atoms with van der Waals surface area (Å²) < 4.78 is 13.0. The Morgan fingerprint density at radius 1 is 1.67 bits per heavy atom. The number of halogens is 2. The minimum absolute atomic E-state index is 0.194. The molecule has 0 aliphatic carbocycles. The maximum Gasteiger partial charge on any atom is 0.154 e. The molecule has 0 fully saturated rings. The van der Waals surface area contributed by atoms with Gasteiger partial charge in [-0.2, -0.15) is 0 Å². The van der Waals surface area contributed by atoms with Crippen molar-refractivity contribution in [2.45, 2.75) is 6.92 Å². The average molecular weight is 189 g/mol. The van der Waals surface area contributed by atoms with Gasteiger partial charge in [-0.25, -0.2) is 4.39 Å². The lowest BCUT2D eigenvalue weighted by molar-refractivity contribution is 0.111. The van der Waals surface area contributed by atoms with Crippen LogP contribution in [0.1, 0.15) is 15.9 Å². The summed E-state index contributed by atoms with van der Waals surface area (Å²) in [7, 11) is 0. The van der Waals surface area contributed by atoms with Gasteiger partial charge in [-0.1, -0.05) is 11.6 Å². The maximum absolute atomic E-state index is 13.0. The summed E-state index contributed by atoms with van der Waals surface area (Å²) in [6.07, 6.45) is 0.282. The van der Waals surface area contributed by atoms with Crippen molar-refractivity contribution in [2.24, 2.45) is 0 Å². The van der Waals surface area contributed by atoms with E-state index in [1.807, 2.05) is 0 Å². The Hall–Kier alpha value is -1.09. The van der Waals surface area contributed by atoms with Gasteiger partial charge in [0.1, 0.15) is 11.6 Å². The van der Waals surface area contributed by atoms with Crippen LogP contribution in [0.25, 0.3) is 0 Å². The first-order valence-electron chi connectivity index (χ1n) is 3.20. The van der Waals surface area contributed by atoms with Gasteiger partial charge in [0.05, 0.1) is 10.6 Å². The first kappa shape index (κ1) is 9.00. The van der Waals surface area contributed by atoms with Gasteiger partial charge < -0.3 is 5.11 Å². The van der Waals surface area contributed by atoms with Crippen LogP contribution >= 0.6 is 11.6 Å². The van der Waals surface area contributed by atoms with Gasteiger partial charge in [0.15, 0.2) is 6.29 Å². The van der Waals surface area contributed by atoms with Crippen molar-refractivity contribution in [3.05, 3.63) is 28.0 Å². The zero-order valence-corrected chi connectivity index (χ0v) is 7.02. The number of aldehydes is 1. The van der Waals surface area contributed by atoms with E-state index in [1.54, 1.807) is 0 Å². The summed E-state index contributed by atoms with van der Waals surface area (Å²) in [4.78, 5) is 10.3. The number of carbonyl (C=O) groups excluding carboxylic acids is 1. The molecule has 1 aromatic rings. The SMILES string of the molecule is Cc1cc(O)c(Cl)c(C=O)c1F. The Labute approximate surface area is 73.6 Å². The molecule has 0 heterocycles. The molecule has 0 amide bonds. The Morgan fingerprint density at radius 3 is 2.75 bits per heavy atom. The first-order valence-corrected chi connectivity index (χ1v) is 3.58. The molecule has 0 bridgehead atoms. The van der Waals surface area contributed by atoms with Crippen molar-refractivity contribution in [1.82, 2.24) is 0 Å². The van der Waals surface area contributed by atoms with E-state index < -0.39 is 5.82 Å². The van der Waals surface area contributed by atoms with E-state index in [9.17, 15) is 9.18 Å². The van der Waals surface area contributed by atoms with E-state index in [-0.39, 0.29) is 28.2 Å². The van der Waals surface area contributed by atoms with Crippen molar-refractivity contribution in [3.63, 3.8) is 0 Å². The molecule has 4 heteroatoms. The first-order chi connectivity index (χ1) is 5.57. The number of carbonyl (C=O) groups is 1. The molecule has 0 atom stereocenters. The number of aromatic hydroxyl groups is 1. The van der Waals surface area contributed by atoms with Gasteiger partial charge in [-0.3, -0.25) is 4.79 Å². The smallest absolute Gasteiger partial charge is 0.154 e. The molecule has 0 radical (unpaired) electrons. The molecule has 1 aromatic carbocycles. The Kier molecular flexibility index (Phi) is 2.33. The van der Waals surface area contributed by atoms with Crippen molar-refractivity contribution in [1.29, 1.82) is 0 Å². The summed E-state index contributed by atoms with van der Waals surface area (Å²) >= 11 is 5.45. The molecule has 0 aliphatic rings. The second-order valence-corrected chi connectivity index (χ2v) is 2.75. The monoisotopic (exact) mass is 188 g/mol.